The molecule has 0 bridgehead atoms. The van der Waals surface area contributed by atoms with E-state index in [2.05, 4.69) is 58.8 Å². The maximum Gasteiger partial charge on any atom is 0.192 e. The Kier molecular flexibility index (Phi) is 4.46. The number of aliphatic imine (C=N–C) groups is 1. The summed E-state index contributed by atoms with van der Waals surface area (Å²) in [6, 6.07) is 10.7. The van der Waals surface area contributed by atoms with E-state index in [0.29, 0.717) is 6.54 Å². The quantitative estimate of drug-likeness (QED) is 0.479. The predicted octanol–water partition coefficient (Wildman–Crippen LogP) is 1.91. The summed E-state index contributed by atoms with van der Waals surface area (Å²) in [4.78, 5) is 4.66. The van der Waals surface area contributed by atoms with Gasteiger partial charge in [-0.2, -0.15) is 0 Å². The summed E-state index contributed by atoms with van der Waals surface area (Å²) in [5.41, 5.74) is 1.64. The van der Waals surface area contributed by atoms with E-state index >= 15 is 0 Å². The molecular formula is C16H21N3. The molecule has 1 aromatic rings. The smallest absolute Gasteiger partial charge is 0.192 e. The molecule has 1 fully saturated rings. The van der Waals surface area contributed by atoms with Crippen LogP contribution >= 0.6 is 0 Å². The highest BCUT2D eigenvalue weighted by Gasteiger charge is 2.43. The summed E-state index contributed by atoms with van der Waals surface area (Å²) in [5, 5.41) is 6.34. The van der Waals surface area contributed by atoms with Crippen molar-refractivity contribution in [1.82, 2.24) is 10.6 Å². The van der Waals surface area contributed by atoms with Gasteiger partial charge in [-0.1, -0.05) is 36.3 Å². The van der Waals surface area contributed by atoms with E-state index in [1.807, 2.05) is 0 Å². The zero-order valence-corrected chi connectivity index (χ0v) is 11.4. The first-order chi connectivity index (χ1) is 9.30. The third kappa shape index (κ3) is 3.51. The largest absolute Gasteiger partial charge is 0.357 e. The molecular weight excluding hydrogens is 234 g/mol. The topological polar surface area (TPSA) is 36.4 Å². The van der Waals surface area contributed by atoms with Crippen LogP contribution in [-0.4, -0.2) is 25.6 Å². The molecule has 1 aliphatic rings. The van der Waals surface area contributed by atoms with Gasteiger partial charge in [0, 0.05) is 12.0 Å². The Bertz CT molecular complexity index is 467. The summed E-state index contributed by atoms with van der Waals surface area (Å²) < 4.78 is 0. The predicted molar refractivity (Wildman–Crippen MR) is 80.2 cm³/mol. The average Bonchev–Trinajstić information content (AvgIpc) is 3.24. The van der Waals surface area contributed by atoms with E-state index in [1.54, 1.807) is 0 Å². The lowest BCUT2D eigenvalue weighted by Gasteiger charge is -2.15. The Morgan fingerprint density at radius 1 is 1.32 bits per heavy atom. The van der Waals surface area contributed by atoms with Crippen LogP contribution in [0.3, 0.4) is 0 Å². The fraction of sp³-hybridized carbons (Fsp3) is 0.438. The zero-order valence-electron chi connectivity index (χ0n) is 11.4. The molecule has 19 heavy (non-hydrogen) atoms. The number of terminal acetylenes is 1. The third-order valence-corrected chi connectivity index (χ3v) is 3.48. The number of guanidine groups is 1. The van der Waals surface area contributed by atoms with Gasteiger partial charge in [-0.3, -0.25) is 4.99 Å². The fourth-order valence-corrected chi connectivity index (χ4v) is 2.19. The van der Waals surface area contributed by atoms with E-state index in [4.69, 9.17) is 6.42 Å². The molecule has 1 aliphatic carbocycles. The van der Waals surface area contributed by atoms with E-state index in [-0.39, 0.29) is 5.41 Å². The van der Waals surface area contributed by atoms with Crippen molar-refractivity contribution < 1.29 is 0 Å². The van der Waals surface area contributed by atoms with Crippen LogP contribution in [0, 0.1) is 12.3 Å². The summed E-state index contributed by atoms with van der Waals surface area (Å²) >= 11 is 0. The van der Waals surface area contributed by atoms with Gasteiger partial charge in [0.1, 0.15) is 0 Å². The Labute approximate surface area is 115 Å². The summed E-state index contributed by atoms with van der Waals surface area (Å²) in [5.74, 6) is 3.38. The molecule has 0 radical (unpaired) electrons. The second kappa shape index (κ2) is 6.29. The van der Waals surface area contributed by atoms with Crippen LogP contribution in [-0.2, 0) is 5.41 Å². The molecule has 0 amide bonds. The Balaban J connectivity index is 2.01. The Hall–Kier alpha value is -1.95. The van der Waals surface area contributed by atoms with Crippen molar-refractivity contribution >= 4 is 5.96 Å². The average molecular weight is 255 g/mol. The normalized spacial score (nSPS) is 16.5. The van der Waals surface area contributed by atoms with Crippen molar-refractivity contribution in [3.8, 4) is 12.3 Å². The molecule has 0 aliphatic heterocycles. The van der Waals surface area contributed by atoms with Gasteiger partial charge in [0.25, 0.3) is 0 Å². The monoisotopic (exact) mass is 255 g/mol. The standard InChI is InChI=1S/C16H21N3/c1-3-12-18-15(17-4-2)19-13-16(10-11-16)14-8-6-5-7-9-14/h1,5-9H,4,10-13H2,2H3,(H2,17,18,19). The van der Waals surface area contributed by atoms with Crippen molar-refractivity contribution in [2.45, 2.75) is 25.2 Å². The van der Waals surface area contributed by atoms with Crippen LogP contribution < -0.4 is 10.6 Å². The minimum absolute atomic E-state index is 0.250. The van der Waals surface area contributed by atoms with E-state index in [9.17, 15) is 0 Å². The van der Waals surface area contributed by atoms with Crippen LogP contribution in [0.1, 0.15) is 25.3 Å². The van der Waals surface area contributed by atoms with Gasteiger partial charge in [-0.15, -0.1) is 6.42 Å². The highest BCUT2D eigenvalue weighted by molar-refractivity contribution is 5.80. The van der Waals surface area contributed by atoms with Gasteiger partial charge >= 0.3 is 0 Å². The van der Waals surface area contributed by atoms with Crippen LogP contribution in [0.15, 0.2) is 35.3 Å². The number of benzene rings is 1. The Morgan fingerprint density at radius 2 is 2.05 bits per heavy atom. The first-order valence-corrected chi connectivity index (χ1v) is 6.82. The molecule has 3 nitrogen and oxygen atoms in total. The number of hydrogen-bond acceptors (Lipinski definition) is 1. The van der Waals surface area contributed by atoms with E-state index in [1.165, 1.54) is 18.4 Å². The highest BCUT2D eigenvalue weighted by atomic mass is 15.2. The van der Waals surface area contributed by atoms with Crippen LogP contribution in [0.4, 0.5) is 0 Å². The van der Waals surface area contributed by atoms with Gasteiger partial charge in [0.05, 0.1) is 13.1 Å². The zero-order chi connectivity index (χ0) is 13.6. The second-order valence-corrected chi connectivity index (χ2v) is 4.90. The fourth-order valence-electron chi connectivity index (χ4n) is 2.19. The first kappa shape index (κ1) is 13.5. The van der Waals surface area contributed by atoms with Crippen molar-refractivity contribution in [2.75, 3.05) is 19.6 Å². The Morgan fingerprint density at radius 3 is 2.63 bits per heavy atom. The lowest BCUT2D eigenvalue weighted by Crippen LogP contribution is -2.38. The molecule has 2 rings (SSSR count). The molecule has 3 heteroatoms. The second-order valence-electron chi connectivity index (χ2n) is 4.90. The lowest BCUT2D eigenvalue weighted by molar-refractivity contribution is 0.696. The molecule has 0 atom stereocenters. The summed E-state index contributed by atoms with van der Waals surface area (Å²) in [7, 11) is 0. The summed E-state index contributed by atoms with van der Waals surface area (Å²) in [6.07, 6.45) is 7.70. The van der Waals surface area contributed by atoms with Crippen molar-refractivity contribution in [1.29, 1.82) is 0 Å². The van der Waals surface area contributed by atoms with E-state index < -0.39 is 0 Å². The molecule has 100 valence electrons. The number of nitrogens with zero attached hydrogens (tertiary/aromatic N) is 1. The lowest BCUT2D eigenvalue weighted by atomic mass is 9.96. The molecule has 0 aromatic heterocycles. The molecule has 0 heterocycles. The van der Waals surface area contributed by atoms with Crippen molar-refractivity contribution in [3.05, 3.63) is 35.9 Å². The SMILES string of the molecule is C#CCNC(=NCC1(c2ccccc2)CC1)NCC. The van der Waals surface area contributed by atoms with Gasteiger partial charge < -0.3 is 10.6 Å². The molecule has 0 spiro atoms. The molecule has 1 aromatic carbocycles. The minimum Gasteiger partial charge on any atom is -0.357 e. The minimum atomic E-state index is 0.250. The number of hydrogen-bond donors (Lipinski definition) is 2. The van der Waals surface area contributed by atoms with Crippen LogP contribution in [0.5, 0.6) is 0 Å². The van der Waals surface area contributed by atoms with Crippen LogP contribution in [0.2, 0.25) is 0 Å². The molecule has 2 N–H and O–H groups in total. The van der Waals surface area contributed by atoms with Gasteiger partial charge in [0.2, 0.25) is 0 Å². The molecule has 1 saturated carbocycles. The molecule has 0 unspecified atom stereocenters. The number of nitrogens with one attached hydrogen (secondary N) is 2. The van der Waals surface area contributed by atoms with Gasteiger partial charge in [-0.25, -0.2) is 0 Å². The summed E-state index contributed by atoms with van der Waals surface area (Å²) in [6.45, 7) is 4.22. The van der Waals surface area contributed by atoms with Crippen LogP contribution in [0.25, 0.3) is 0 Å². The highest BCUT2D eigenvalue weighted by Crippen LogP contribution is 2.48. The van der Waals surface area contributed by atoms with Crippen molar-refractivity contribution in [3.63, 3.8) is 0 Å². The third-order valence-electron chi connectivity index (χ3n) is 3.48. The van der Waals surface area contributed by atoms with E-state index in [0.717, 1.165) is 19.0 Å². The van der Waals surface area contributed by atoms with Gasteiger partial charge in [0.15, 0.2) is 5.96 Å². The van der Waals surface area contributed by atoms with Gasteiger partial charge in [-0.05, 0) is 25.3 Å². The number of rotatable bonds is 5. The maximum absolute atomic E-state index is 5.26. The molecule has 0 saturated heterocycles. The van der Waals surface area contributed by atoms with Crippen molar-refractivity contribution in [2.24, 2.45) is 4.99 Å². The first-order valence-electron chi connectivity index (χ1n) is 6.82. The maximum atomic E-state index is 5.26.